The highest BCUT2D eigenvalue weighted by molar-refractivity contribution is 4.96. The van der Waals surface area contributed by atoms with E-state index >= 15 is 0 Å². The van der Waals surface area contributed by atoms with Crippen molar-refractivity contribution < 1.29 is 0 Å². The van der Waals surface area contributed by atoms with Crippen molar-refractivity contribution in [3.63, 3.8) is 0 Å². The molecule has 0 rings (SSSR count). The third-order valence-electron chi connectivity index (χ3n) is 5.41. The zero-order valence-electron chi connectivity index (χ0n) is 15.3. The largest absolute Gasteiger partial charge is 0.315 e. The van der Waals surface area contributed by atoms with Crippen LogP contribution < -0.4 is 5.32 Å². The quantitative estimate of drug-likeness (QED) is 0.559. The number of hydrogen-bond acceptors (Lipinski definition) is 2. The molecule has 0 amide bonds. The van der Waals surface area contributed by atoms with Crippen molar-refractivity contribution >= 4 is 0 Å². The Bertz CT molecular complexity index is 225. The minimum absolute atomic E-state index is 0.276. The maximum absolute atomic E-state index is 3.64. The van der Waals surface area contributed by atoms with Crippen LogP contribution in [0.25, 0.3) is 0 Å². The van der Waals surface area contributed by atoms with Crippen molar-refractivity contribution in [1.82, 2.24) is 10.2 Å². The second-order valence-electron chi connectivity index (χ2n) is 6.38. The fourth-order valence-corrected chi connectivity index (χ4v) is 3.63. The van der Waals surface area contributed by atoms with Crippen LogP contribution in [0.5, 0.6) is 0 Å². The summed E-state index contributed by atoms with van der Waals surface area (Å²) in [4.78, 5) is 2.64. The lowest BCUT2D eigenvalue weighted by atomic mass is 9.80. The summed E-state index contributed by atoms with van der Waals surface area (Å²) in [5.74, 6) is 0.869. The first-order valence-corrected chi connectivity index (χ1v) is 8.96. The minimum atomic E-state index is 0.276. The van der Waals surface area contributed by atoms with E-state index in [1.54, 1.807) is 0 Å². The molecular weight excluding hydrogens is 244 g/mol. The van der Waals surface area contributed by atoms with Gasteiger partial charge in [-0.15, -0.1) is 0 Å². The van der Waals surface area contributed by atoms with E-state index in [1.807, 2.05) is 0 Å². The Morgan fingerprint density at radius 1 is 1.05 bits per heavy atom. The highest BCUT2D eigenvalue weighted by Gasteiger charge is 2.36. The topological polar surface area (TPSA) is 15.3 Å². The van der Waals surface area contributed by atoms with Crippen molar-refractivity contribution in [3.05, 3.63) is 0 Å². The molecule has 0 aromatic heterocycles. The van der Waals surface area contributed by atoms with Crippen molar-refractivity contribution in [2.75, 3.05) is 20.1 Å². The van der Waals surface area contributed by atoms with Gasteiger partial charge in [0.25, 0.3) is 0 Å². The standard InChI is InChI=1S/C18H40N2/c1-8-13-14-16(9-2)15-17(19-7)18(6,10-3)20(11-4)12-5/h16-17,19H,8-15H2,1-7H3. The molecule has 2 nitrogen and oxygen atoms in total. The predicted octanol–water partition coefficient (Wildman–Crippen LogP) is 4.69. The fourth-order valence-electron chi connectivity index (χ4n) is 3.63. The van der Waals surface area contributed by atoms with Gasteiger partial charge in [0.15, 0.2) is 0 Å². The third kappa shape index (κ3) is 5.37. The third-order valence-corrected chi connectivity index (χ3v) is 5.41. The van der Waals surface area contributed by atoms with E-state index in [2.05, 4.69) is 58.8 Å². The van der Waals surface area contributed by atoms with Gasteiger partial charge in [0, 0.05) is 11.6 Å². The second kappa shape index (κ2) is 10.6. The van der Waals surface area contributed by atoms with Crippen LogP contribution in [0.2, 0.25) is 0 Å². The van der Waals surface area contributed by atoms with E-state index in [0.29, 0.717) is 6.04 Å². The normalized spacial score (nSPS) is 18.0. The number of hydrogen-bond donors (Lipinski definition) is 1. The van der Waals surface area contributed by atoms with Gasteiger partial charge in [0.2, 0.25) is 0 Å². The monoisotopic (exact) mass is 284 g/mol. The average molecular weight is 285 g/mol. The molecular formula is C18H40N2. The Morgan fingerprint density at radius 3 is 2.00 bits per heavy atom. The lowest BCUT2D eigenvalue weighted by molar-refractivity contribution is 0.0617. The summed E-state index contributed by atoms with van der Waals surface area (Å²) in [6.45, 7) is 16.3. The summed E-state index contributed by atoms with van der Waals surface area (Å²) in [5, 5.41) is 3.64. The van der Waals surface area contributed by atoms with E-state index in [1.165, 1.54) is 38.5 Å². The van der Waals surface area contributed by atoms with Crippen LogP contribution in [-0.4, -0.2) is 36.6 Å². The van der Waals surface area contributed by atoms with Gasteiger partial charge in [-0.1, -0.05) is 60.3 Å². The van der Waals surface area contributed by atoms with Gasteiger partial charge >= 0.3 is 0 Å². The van der Waals surface area contributed by atoms with Gasteiger partial charge in [-0.2, -0.15) is 0 Å². The predicted molar refractivity (Wildman–Crippen MR) is 92.4 cm³/mol. The molecule has 0 saturated heterocycles. The fraction of sp³-hybridized carbons (Fsp3) is 1.00. The minimum Gasteiger partial charge on any atom is -0.315 e. The molecule has 0 heterocycles. The Hall–Kier alpha value is -0.0800. The van der Waals surface area contributed by atoms with Gasteiger partial charge in [0.1, 0.15) is 0 Å². The highest BCUT2D eigenvalue weighted by Crippen LogP contribution is 2.30. The molecule has 20 heavy (non-hydrogen) atoms. The lowest BCUT2D eigenvalue weighted by Gasteiger charge is -2.46. The van der Waals surface area contributed by atoms with Gasteiger partial charge < -0.3 is 5.32 Å². The van der Waals surface area contributed by atoms with E-state index in [4.69, 9.17) is 0 Å². The van der Waals surface area contributed by atoms with Crippen molar-refractivity contribution in [2.45, 2.75) is 91.6 Å². The van der Waals surface area contributed by atoms with Crippen LogP contribution >= 0.6 is 0 Å². The maximum atomic E-state index is 3.64. The van der Waals surface area contributed by atoms with Crippen LogP contribution in [-0.2, 0) is 0 Å². The number of rotatable bonds is 12. The first-order chi connectivity index (χ1) is 9.53. The zero-order chi connectivity index (χ0) is 15.6. The van der Waals surface area contributed by atoms with E-state index in [-0.39, 0.29) is 5.54 Å². The molecule has 3 unspecified atom stereocenters. The molecule has 3 atom stereocenters. The molecule has 122 valence electrons. The highest BCUT2D eigenvalue weighted by atomic mass is 15.2. The van der Waals surface area contributed by atoms with E-state index in [0.717, 1.165) is 19.0 Å². The summed E-state index contributed by atoms with van der Waals surface area (Å²) in [7, 11) is 2.15. The van der Waals surface area contributed by atoms with Gasteiger partial charge in [-0.3, -0.25) is 4.90 Å². The van der Waals surface area contributed by atoms with Crippen molar-refractivity contribution in [2.24, 2.45) is 5.92 Å². The Morgan fingerprint density at radius 2 is 1.65 bits per heavy atom. The Kier molecular flexibility index (Phi) is 10.6. The zero-order valence-corrected chi connectivity index (χ0v) is 15.3. The summed E-state index contributed by atoms with van der Waals surface area (Å²) < 4.78 is 0. The van der Waals surface area contributed by atoms with Crippen molar-refractivity contribution in [3.8, 4) is 0 Å². The van der Waals surface area contributed by atoms with Crippen LogP contribution in [0.3, 0.4) is 0 Å². The first kappa shape index (κ1) is 19.9. The second-order valence-corrected chi connectivity index (χ2v) is 6.38. The molecule has 0 spiro atoms. The summed E-state index contributed by atoms with van der Waals surface area (Å²) in [6, 6.07) is 0.592. The van der Waals surface area contributed by atoms with Crippen LogP contribution in [0.15, 0.2) is 0 Å². The van der Waals surface area contributed by atoms with E-state index in [9.17, 15) is 0 Å². The van der Waals surface area contributed by atoms with E-state index < -0.39 is 0 Å². The molecule has 0 aromatic rings. The van der Waals surface area contributed by atoms with Crippen LogP contribution in [0.1, 0.15) is 80.1 Å². The molecule has 0 bridgehead atoms. The molecule has 0 fully saturated rings. The lowest BCUT2D eigenvalue weighted by Crippen LogP contribution is -2.59. The Balaban J connectivity index is 4.90. The number of nitrogens with one attached hydrogen (secondary N) is 1. The maximum Gasteiger partial charge on any atom is 0.0331 e. The molecule has 0 radical (unpaired) electrons. The molecule has 1 N–H and O–H groups in total. The number of likely N-dealkylation sites (N-methyl/N-ethyl adjacent to an activating group) is 2. The molecule has 0 aliphatic heterocycles. The SMILES string of the molecule is CCCCC(CC)CC(NC)C(C)(CC)N(CC)CC. The number of unbranched alkanes of at least 4 members (excludes halogenated alkanes) is 1. The molecule has 0 aliphatic carbocycles. The summed E-state index contributed by atoms with van der Waals surface area (Å²) in [6.07, 6.45) is 7.93. The van der Waals surface area contributed by atoms with Gasteiger partial charge in [-0.25, -0.2) is 0 Å². The van der Waals surface area contributed by atoms with Gasteiger partial charge in [0.05, 0.1) is 0 Å². The molecule has 0 saturated carbocycles. The van der Waals surface area contributed by atoms with Gasteiger partial charge in [-0.05, 0) is 45.8 Å². The summed E-state index contributed by atoms with van der Waals surface area (Å²) in [5.41, 5.74) is 0.276. The summed E-state index contributed by atoms with van der Waals surface area (Å²) >= 11 is 0. The smallest absolute Gasteiger partial charge is 0.0331 e. The first-order valence-electron chi connectivity index (χ1n) is 8.96. The molecule has 0 aliphatic rings. The van der Waals surface area contributed by atoms with Crippen LogP contribution in [0.4, 0.5) is 0 Å². The molecule has 0 aromatic carbocycles. The van der Waals surface area contributed by atoms with Crippen molar-refractivity contribution in [1.29, 1.82) is 0 Å². The number of nitrogens with zero attached hydrogens (tertiary/aromatic N) is 1. The average Bonchev–Trinajstić information content (AvgIpc) is 2.48. The molecule has 2 heteroatoms. The Labute approximate surface area is 128 Å². The van der Waals surface area contributed by atoms with Crippen LogP contribution in [0, 0.1) is 5.92 Å².